The maximum absolute atomic E-state index is 12.9. The van der Waals surface area contributed by atoms with E-state index in [2.05, 4.69) is 9.97 Å². The summed E-state index contributed by atoms with van der Waals surface area (Å²) in [6, 6.07) is 23.3. The van der Waals surface area contributed by atoms with Gasteiger partial charge in [-0.3, -0.25) is 28.8 Å². The molecule has 2 heterocycles. The summed E-state index contributed by atoms with van der Waals surface area (Å²) in [5, 5.41) is 13.0. The van der Waals surface area contributed by atoms with E-state index < -0.39 is 4.92 Å². The molecule has 234 valence electrons. The van der Waals surface area contributed by atoms with Gasteiger partial charge in [0.25, 0.3) is 16.8 Å². The Bertz CT molecular complexity index is 2210. The number of nitrogen functional groups attached to an aromatic ring is 1. The van der Waals surface area contributed by atoms with Crippen LogP contribution in [-0.4, -0.2) is 24.0 Å². The van der Waals surface area contributed by atoms with Crippen molar-refractivity contribution in [3.05, 3.63) is 137 Å². The molecule has 0 radical (unpaired) electrons. The first-order chi connectivity index (χ1) is 21.8. The van der Waals surface area contributed by atoms with E-state index in [0.717, 1.165) is 5.69 Å². The van der Waals surface area contributed by atoms with Gasteiger partial charge in [-0.05, 0) is 72.8 Å². The van der Waals surface area contributed by atoms with Crippen LogP contribution in [0.25, 0.3) is 33.2 Å². The van der Waals surface area contributed by atoms with Gasteiger partial charge in [0.1, 0.15) is 11.6 Å². The largest absolute Gasteiger partial charge is 0.399 e. The summed E-state index contributed by atoms with van der Waals surface area (Å²) in [6.45, 7) is 7.84. The number of hydrogen-bond acceptors (Lipinski definition) is 7. The number of hydrogen-bond donors (Lipinski definition) is 1. The van der Waals surface area contributed by atoms with Gasteiger partial charge in [0.2, 0.25) is 0 Å². The quantitative estimate of drug-likeness (QED) is 0.113. The lowest BCUT2D eigenvalue weighted by Crippen LogP contribution is -2.24. The van der Waals surface area contributed by atoms with Crippen molar-refractivity contribution in [2.75, 3.05) is 5.73 Å². The van der Waals surface area contributed by atoms with Crippen LogP contribution < -0.4 is 16.9 Å². The number of fused-ring (bicyclic) bond motifs is 2. The number of non-ortho nitro benzene ring substituents is 1. The summed E-state index contributed by atoms with van der Waals surface area (Å²) in [7, 11) is 0. The van der Waals surface area contributed by atoms with E-state index in [0.29, 0.717) is 54.9 Å². The van der Waals surface area contributed by atoms with Crippen LogP contribution >= 0.6 is 23.2 Å². The van der Waals surface area contributed by atoms with Crippen molar-refractivity contribution in [2.45, 2.75) is 39.5 Å². The third kappa shape index (κ3) is 6.49. The molecule has 2 aromatic heterocycles. The molecule has 0 bridgehead atoms. The molecule has 0 spiro atoms. The minimum Gasteiger partial charge on any atom is -0.399 e. The van der Waals surface area contributed by atoms with E-state index in [1.807, 2.05) is 39.8 Å². The van der Waals surface area contributed by atoms with E-state index in [9.17, 15) is 19.7 Å². The average molecular weight is 658 g/mol. The molecule has 0 fully saturated rings. The molecular formula is C34H30Cl2N6O4. The second-order valence-corrected chi connectivity index (χ2v) is 12.1. The smallest absolute Gasteiger partial charge is 0.271 e. The Morgan fingerprint density at radius 1 is 0.674 bits per heavy atom. The highest BCUT2D eigenvalue weighted by molar-refractivity contribution is 6.30. The van der Waals surface area contributed by atoms with Gasteiger partial charge in [-0.2, -0.15) is 0 Å². The molecular weight excluding hydrogens is 627 g/mol. The van der Waals surface area contributed by atoms with Gasteiger partial charge in [-0.15, -0.1) is 0 Å². The molecule has 0 atom stereocenters. The zero-order chi connectivity index (χ0) is 33.3. The van der Waals surface area contributed by atoms with Crippen molar-refractivity contribution in [2.24, 2.45) is 0 Å². The fraction of sp³-hybridized carbons (Fsp3) is 0.176. The average Bonchev–Trinajstić information content (AvgIpc) is 3.02. The lowest BCUT2D eigenvalue weighted by molar-refractivity contribution is -0.384. The number of anilines is 1. The fourth-order valence-corrected chi connectivity index (χ4v) is 5.23. The third-order valence-electron chi connectivity index (χ3n) is 7.21. The Morgan fingerprint density at radius 3 is 1.50 bits per heavy atom. The number of nitro benzene ring substituents is 1. The minimum absolute atomic E-state index is 0.0444. The van der Waals surface area contributed by atoms with E-state index in [4.69, 9.17) is 28.9 Å². The molecule has 0 aliphatic heterocycles. The first-order valence-electron chi connectivity index (χ1n) is 14.4. The fourth-order valence-electron chi connectivity index (χ4n) is 4.98. The predicted octanol–water partition coefficient (Wildman–Crippen LogP) is 7.82. The summed E-state index contributed by atoms with van der Waals surface area (Å²) in [5.41, 5.74) is 8.30. The molecule has 12 heteroatoms. The molecule has 10 nitrogen and oxygen atoms in total. The van der Waals surface area contributed by atoms with Crippen LogP contribution in [0.4, 0.5) is 11.4 Å². The summed E-state index contributed by atoms with van der Waals surface area (Å²) in [6.07, 6.45) is 0. The zero-order valence-electron chi connectivity index (χ0n) is 25.4. The lowest BCUT2D eigenvalue weighted by Gasteiger charge is -2.16. The van der Waals surface area contributed by atoms with E-state index >= 15 is 0 Å². The van der Waals surface area contributed by atoms with Crippen LogP contribution in [-0.2, 0) is 0 Å². The van der Waals surface area contributed by atoms with Crippen LogP contribution in [0.1, 0.15) is 51.2 Å². The van der Waals surface area contributed by atoms with Crippen LogP contribution in [0.15, 0.2) is 94.5 Å². The second-order valence-electron chi connectivity index (χ2n) is 11.2. The molecule has 46 heavy (non-hydrogen) atoms. The van der Waals surface area contributed by atoms with Crippen molar-refractivity contribution in [3.8, 4) is 11.4 Å². The molecule has 6 aromatic rings. The number of nitro groups is 1. The Morgan fingerprint density at radius 2 is 1.09 bits per heavy atom. The Balaban J connectivity index is 0.000000182. The summed E-state index contributed by atoms with van der Waals surface area (Å²) in [5.74, 6) is 1.28. The maximum Gasteiger partial charge on any atom is 0.271 e. The summed E-state index contributed by atoms with van der Waals surface area (Å²) >= 11 is 11.9. The van der Waals surface area contributed by atoms with Gasteiger partial charge in [0.05, 0.1) is 38.1 Å². The number of rotatable bonds is 5. The van der Waals surface area contributed by atoms with Crippen molar-refractivity contribution in [1.29, 1.82) is 0 Å². The van der Waals surface area contributed by atoms with Gasteiger partial charge in [0.15, 0.2) is 0 Å². The molecule has 0 aliphatic rings. The molecule has 6 rings (SSSR count). The van der Waals surface area contributed by atoms with E-state index in [1.165, 1.54) is 22.8 Å². The van der Waals surface area contributed by atoms with Crippen molar-refractivity contribution >= 4 is 56.4 Å². The number of halogens is 2. The van der Waals surface area contributed by atoms with Gasteiger partial charge in [-0.25, -0.2) is 9.97 Å². The molecule has 2 N–H and O–H groups in total. The first kappa shape index (κ1) is 32.3. The standard InChI is InChI=1S/C17H14ClN3O3.C17H16ClN3O/c1-10(2)16-19-15-9-13(21(23)24)7-8-14(15)17(22)20(16)12-5-3-11(18)4-6-12;1-10(2)16-20-15-9-12(19)5-8-14(15)17(22)21(16)13-6-3-11(18)4-7-13/h3-10H,1-2H3;3-10H,19H2,1-2H3. The monoisotopic (exact) mass is 656 g/mol. The summed E-state index contributed by atoms with van der Waals surface area (Å²) < 4.78 is 3.16. The maximum atomic E-state index is 12.9. The number of benzene rings is 4. The Hall–Kier alpha value is -5.06. The molecule has 0 unspecified atom stereocenters. The van der Waals surface area contributed by atoms with Crippen molar-refractivity contribution in [3.63, 3.8) is 0 Å². The SMILES string of the molecule is CC(C)c1nc2cc(N)ccc2c(=O)n1-c1ccc(Cl)cc1.CC(C)c1nc2cc([N+](=O)[O-])ccc2c(=O)n1-c1ccc(Cl)cc1. The molecule has 0 aliphatic carbocycles. The van der Waals surface area contributed by atoms with Crippen LogP contribution in [0.5, 0.6) is 0 Å². The zero-order valence-corrected chi connectivity index (χ0v) is 27.0. The summed E-state index contributed by atoms with van der Waals surface area (Å²) in [4.78, 5) is 45.4. The molecule has 0 saturated carbocycles. The first-order valence-corrected chi connectivity index (χ1v) is 15.2. The Labute approximate surface area is 273 Å². The van der Waals surface area contributed by atoms with Gasteiger partial charge < -0.3 is 5.73 Å². The van der Waals surface area contributed by atoms with Gasteiger partial charge >= 0.3 is 0 Å². The predicted molar refractivity (Wildman–Crippen MR) is 184 cm³/mol. The van der Waals surface area contributed by atoms with Crippen LogP contribution in [0.2, 0.25) is 10.0 Å². The van der Waals surface area contributed by atoms with Gasteiger partial charge in [-0.1, -0.05) is 50.9 Å². The number of nitrogens with zero attached hydrogens (tertiary/aromatic N) is 5. The molecule has 0 amide bonds. The highest BCUT2D eigenvalue weighted by Gasteiger charge is 2.18. The minimum atomic E-state index is -0.499. The molecule has 4 aromatic carbocycles. The number of aromatic nitrogens is 4. The van der Waals surface area contributed by atoms with E-state index in [-0.39, 0.29) is 28.6 Å². The highest BCUT2D eigenvalue weighted by Crippen LogP contribution is 2.24. The second kappa shape index (κ2) is 13.1. The third-order valence-corrected chi connectivity index (χ3v) is 7.72. The topological polar surface area (TPSA) is 139 Å². The van der Waals surface area contributed by atoms with Gasteiger partial charge in [0, 0.05) is 39.7 Å². The Kier molecular flexibility index (Phi) is 9.22. The van der Waals surface area contributed by atoms with Crippen molar-refractivity contribution < 1.29 is 4.92 Å². The normalized spacial score (nSPS) is 11.2. The number of nitrogens with two attached hydrogens (primary N) is 1. The highest BCUT2D eigenvalue weighted by atomic mass is 35.5. The molecule has 0 saturated heterocycles. The lowest BCUT2D eigenvalue weighted by atomic mass is 10.1. The van der Waals surface area contributed by atoms with E-state index in [1.54, 1.807) is 59.2 Å². The van der Waals surface area contributed by atoms with Crippen LogP contribution in [0.3, 0.4) is 0 Å². The van der Waals surface area contributed by atoms with Crippen molar-refractivity contribution in [1.82, 2.24) is 19.1 Å². The van der Waals surface area contributed by atoms with Crippen LogP contribution in [0, 0.1) is 10.1 Å².